The molecule has 0 fully saturated rings. The highest BCUT2D eigenvalue weighted by molar-refractivity contribution is 5.03. The molecular formula is C14H21N3. The van der Waals surface area contributed by atoms with Crippen LogP contribution in [0.2, 0.25) is 0 Å². The molecule has 0 saturated heterocycles. The first-order chi connectivity index (χ1) is 8.05. The van der Waals surface area contributed by atoms with E-state index in [-0.39, 0.29) is 0 Å². The van der Waals surface area contributed by atoms with Crippen LogP contribution in [0.1, 0.15) is 31.8 Å². The summed E-state index contributed by atoms with van der Waals surface area (Å²) in [5.41, 5.74) is 1.47. The number of allylic oxidation sites excluding steroid dienone is 1. The first kappa shape index (κ1) is 12.2. The molecule has 3 nitrogen and oxygen atoms in total. The van der Waals surface area contributed by atoms with Gasteiger partial charge in [0.25, 0.3) is 0 Å². The Morgan fingerprint density at radius 3 is 2.94 bits per heavy atom. The summed E-state index contributed by atoms with van der Waals surface area (Å²) in [5.74, 6) is 0.854. The molecule has 1 aromatic heterocycles. The van der Waals surface area contributed by atoms with Crippen molar-refractivity contribution < 1.29 is 0 Å². The minimum absolute atomic E-state index is 0.356. The number of hydrogen-bond donors (Lipinski definition) is 0. The maximum atomic E-state index is 4.47. The van der Waals surface area contributed by atoms with Gasteiger partial charge in [-0.2, -0.15) is 0 Å². The molecule has 0 atom stereocenters. The van der Waals surface area contributed by atoms with E-state index in [1.165, 1.54) is 0 Å². The quantitative estimate of drug-likeness (QED) is 0.733. The van der Waals surface area contributed by atoms with E-state index in [0.717, 1.165) is 37.6 Å². The SMILES string of the molecule is Cc1nccc(CN2CC=CCC(C)(C)C2)n1. The van der Waals surface area contributed by atoms with Crippen LogP contribution in [-0.2, 0) is 6.54 Å². The highest BCUT2D eigenvalue weighted by atomic mass is 15.1. The number of hydrogen-bond acceptors (Lipinski definition) is 3. The molecule has 17 heavy (non-hydrogen) atoms. The molecule has 92 valence electrons. The van der Waals surface area contributed by atoms with E-state index in [0.29, 0.717) is 5.41 Å². The summed E-state index contributed by atoms with van der Waals surface area (Å²) in [7, 11) is 0. The zero-order valence-electron chi connectivity index (χ0n) is 11.0. The molecule has 0 bridgehead atoms. The molecule has 3 heteroatoms. The van der Waals surface area contributed by atoms with Gasteiger partial charge in [0, 0.05) is 25.8 Å². The fourth-order valence-electron chi connectivity index (χ4n) is 2.30. The lowest BCUT2D eigenvalue weighted by Gasteiger charge is -2.29. The lowest BCUT2D eigenvalue weighted by atomic mass is 9.89. The average Bonchev–Trinajstić information content (AvgIpc) is 2.39. The molecule has 0 amide bonds. The number of rotatable bonds is 2. The largest absolute Gasteiger partial charge is 0.293 e. The molecule has 0 unspecified atom stereocenters. The topological polar surface area (TPSA) is 29.0 Å². The summed E-state index contributed by atoms with van der Waals surface area (Å²) in [4.78, 5) is 11.1. The first-order valence-electron chi connectivity index (χ1n) is 6.21. The summed E-state index contributed by atoms with van der Waals surface area (Å²) in [6, 6.07) is 2.01. The lowest BCUT2D eigenvalue weighted by molar-refractivity contribution is 0.193. The van der Waals surface area contributed by atoms with Gasteiger partial charge in [-0.1, -0.05) is 26.0 Å². The molecule has 1 aliphatic heterocycles. The van der Waals surface area contributed by atoms with E-state index < -0.39 is 0 Å². The van der Waals surface area contributed by atoms with Gasteiger partial charge >= 0.3 is 0 Å². The number of aryl methyl sites for hydroxylation is 1. The van der Waals surface area contributed by atoms with Crippen LogP contribution in [-0.4, -0.2) is 28.0 Å². The van der Waals surface area contributed by atoms with Crippen LogP contribution < -0.4 is 0 Å². The summed E-state index contributed by atoms with van der Waals surface area (Å²) in [5, 5.41) is 0. The van der Waals surface area contributed by atoms with Gasteiger partial charge < -0.3 is 0 Å². The molecule has 2 heterocycles. The van der Waals surface area contributed by atoms with Crippen LogP contribution in [0.3, 0.4) is 0 Å². The predicted molar refractivity (Wildman–Crippen MR) is 69.6 cm³/mol. The van der Waals surface area contributed by atoms with Crippen molar-refractivity contribution in [3.63, 3.8) is 0 Å². The fraction of sp³-hybridized carbons (Fsp3) is 0.571. The van der Waals surface area contributed by atoms with Gasteiger partial charge in [-0.05, 0) is 24.8 Å². The Labute approximate surface area is 104 Å². The van der Waals surface area contributed by atoms with E-state index in [4.69, 9.17) is 0 Å². The smallest absolute Gasteiger partial charge is 0.125 e. The maximum absolute atomic E-state index is 4.47. The molecule has 0 radical (unpaired) electrons. The highest BCUT2D eigenvalue weighted by Crippen LogP contribution is 2.25. The molecule has 0 N–H and O–H groups in total. The summed E-state index contributed by atoms with van der Waals surface area (Å²) >= 11 is 0. The van der Waals surface area contributed by atoms with Crippen molar-refractivity contribution in [2.24, 2.45) is 5.41 Å². The van der Waals surface area contributed by atoms with E-state index in [1.807, 2.05) is 19.2 Å². The second-order valence-electron chi connectivity index (χ2n) is 5.60. The highest BCUT2D eigenvalue weighted by Gasteiger charge is 2.22. The van der Waals surface area contributed by atoms with Crippen LogP contribution in [0.5, 0.6) is 0 Å². The fourth-order valence-corrected chi connectivity index (χ4v) is 2.30. The molecule has 0 spiro atoms. The molecule has 1 aromatic rings. The molecular weight excluding hydrogens is 210 g/mol. The Hall–Kier alpha value is -1.22. The zero-order chi connectivity index (χ0) is 12.3. The van der Waals surface area contributed by atoms with Crippen LogP contribution in [0.25, 0.3) is 0 Å². The third-order valence-corrected chi connectivity index (χ3v) is 3.07. The monoisotopic (exact) mass is 231 g/mol. The van der Waals surface area contributed by atoms with Crippen LogP contribution in [0, 0.1) is 12.3 Å². The van der Waals surface area contributed by atoms with E-state index in [1.54, 1.807) is 0 Å². The van der Waals surface area contributed by atoms with Gasteiger partial charge in [-0.25, -0.2) is 9.97 Å². The van der Waals surface area contributed by atoms with Gasteiger partial charge in [0.05, 0.1) is 5.69 Å². The van der Waals surface area contributed by atoms with Gasteiger partial charge in [0.1, 0.15) is 5.82 Å². The van der Waals surface area contributed by atoms with E-state index in [2.05, 4.69) is 40.9 Å². The van der Waals surface area contributed by atoms with Gasteiger partial charge in [0.2, 0.25) is 0 Å². The van der Waals surface area contributed by atoms with E-state index >= 15 is 0 Å². The summed E-state index contributed by atoms with van der Waals surface area (Å²) in [6.45, 7) is 9.63. The normalized spacial score (nSPS) is 20.2. The Morgan fingerprint density at radius 1 is 1.35 bits per heavy atom. The molecule has 1 aliphatic rings. The third-order valence-electron chi connectivity index (χ3n) is 3.07. The molecule has 0 saturated carbocycles. The van der Waals surface area contributed by atoms with E-state index in [9.17, 15) is 0 Å². The van der Waals surface area contributed by atoms with Crippen molar-refractivity contribution in [1.29, 1.82) is 0 Å². The standard InChI is InChI=1S/C14H21N3/c1-12-15-8-6-13(16-12)10-17-9-5-4-7-14(2,3)11-17/h4-6,8H,7,9-11H2,1-3H3. The Kier molecular flexibility index (Phi) is 3.57. The predicted octanol–water partition coefficient (Wildman–Crippen LogP) is 2.57. The Bertz CT molecular complexity index is 410. The number of aromatic nitrogens is 2. The van der Waals surface area contributed by atoms with Crippen molar-refractivity contribution in [3.8, 4) is 0 Å². The third kappa shape index (κ3) is 3.63. The van der Waals surface area contributed by atoms with Gasteiger partial charge in [-0.15, -0.1) is 0 Å². The summed E-state index contributed by atoms with van der Waals surface area (Å²) in [6.07, 6.45) is 7.57. The van der Waals surface area contributed by atoms with Crippen LogP contribution in [0.15, 0.2) is 24.4 Å². The first-order valence-corrected chi connectivity index (χ1v) is 6.21. The Morgan fingerprint density at radius 2 is 2.18 bits per heavy atom. The maximum Gasteiger partial charge on any atom is 0.125 e. The number of nitrogens with zero attached hydrogens (tertiary/aromatic N) is 3. The molecule has 2 rings (SSSR count). The lowest BCUT2D eigenvalue weighted by Crippen LogP contribution is -2.32. The van der Waals surface area contributed by atoms with Crippen molar-refractivity contribution in [3.05, 3.63) is 35.9 Å². The Balaban J connectivity index is 2.05. The van der Waals surface area contributed by atoms with Crippen molar-refractivity contribution in [1.82, 2.24) is 14.9 Å². The van der Waals surface area contributed by atoms with Gasteiger partial charge in [0.15, 0.2) is 0 Å². The molecule has 0 aliphatic carbocycles. The minimum Gasteiger partial charge on any atom is -0.293 e. The second-order valence-corrected chi connectivity index (χ2v) is 5.60. The minimum atomic E-state index is 0.356. The zero-order valence-corrected chi connectivity index (χ0v) is 11.0. The second kappa shape index (κ2) is 4.96. The summed E-state index contributed by atoms with van der Waals surface area (Å²) < 4.78 is 0. The van der Waals surface area contributed by atoms with Crippen molar-refractivity contribution >= 4 is 0 Å². The van der Waals surface area contributed by atoms with Crippen molar-refractivity contribution in [2.75, 3.05) is 13.1 Å². The van der Waals surface area contributed by atoms with Crippen molar-refractivity contribution in [2.45, 2.75) is 33.7 Å². The van der Waals surface area contributed by atoms with Gasteiger partial charge in [-0.3, -0.25) is 4.90 Å². The average molecular weight is 231 g/mol. The van der Waals surface area contributed by atoms with Crippen LogP contribution >= 0.6 is 0 Å². The molecule has 0 aromatic carbocycles. The van der Waals surface area contributed by atoms with Crippen LogP contribution in [0.4, 0.5) is 0 Å².